The summed E-state index contributed by atoms with van der Waals surface area (Å²) < 4.78 is 13.7. The number of rotatable bonds is 2. The molecule has 0 bridgehead atoms. The standard InChI is InChI=1S/C14H11BrFN3/c1-8-4-11(16)10(15)6-14(8)19-13-3-2-9(7-17)5-12(13)18/h2-6,19H,18H2,1H3. The minimum Gasteiger partial charge on any atom is -0.397 e. The van der Waals surface area contributed by atoms with Gasteiger partial charge in [0.25, 0.3) is 0 Å². The lowest BCUT2D eigenvalue weighted by Gasteiger charge is -2.12. The molecule has 0 saturated carbocycles. The predicted octanol–water partition coefficient (Wildman–Crippen LogP) is 4.09. The third kappa shape index (κ3) is 2.85. The van der Waals surface area contributed by atoms with Crippen LogP contribution in [0.4, 0.5) is 21.5 Å². The summed E-state index contributed by atoms with van der Waals surface area (Å²) in [5.74, 6) is -0.309. The Kier molecular flexibility index (Phi) is 3.72. The number of anilines is 3. The van der Waals surface area contributed by atoms with Crippen LogP contribution in [0.2, 0.25) is 0 Å². The number of nitrogen functional groups attached to an aromatic ring is 1. The molecule has 0 aliphatic rings. The van der Waals surface area contributed by atoms with Crippen LogP contribution >= 0.6 is 15.9 Å². The fourth-order valence-electron chi connectivity index (χ4n) is 1.67. The van der Waals surface area contributed by atoms with Crippen molar-refractivity contribution in [2.24, 2.45) is 0 Å². The molecule has 0 saturated heterocycles. The number of hydrogen-bond donors (Lipinski definition) is 2. The normalized spacial score (nSPS) is 10.0. The van der Waals surface area contributed by atoms with Gasteiger partial charge in [0.05, 0.1) is 27.5 Å². The molecule has 0 atom stereocenters. The van der Waals surface area contributed by atoms with Gasteiger partial charge in [-0.1, -0.05) is 0 Å². The van der Waals surface area contributed by atoms with Crippen LogP contribution in [0.15, 0.2) is 34.8 Å². The third-order valence-electron chi connectivity index (χ3n) is 2.72. The van der Waals surface area contributed by atoms with E-state index in [1.807, 2.05) is 6.07 Å². The second-order valence-corrected chi connectivity index (χ2v) is 4.97. The molecule has 0 radical (unpaired) electrons. The molecule has 3 N–H and O–H groups in total. The molecule has 0 aromatic heterocycles. The molecule has 0 fully saturated rings. The maximum absolute atomic E-state index is 13.3. The van der Waals surface area contributed by atoms with Gasteiger partial charge < -0.3 is 11.1 Å². The van der Waals surface area contributed by atoms with Crippen molar-refractivity contribution < 1.29 is 4.39 Å². The summed E-state index contributed by atoms with van der Waals surface area (Å²) in [5, 5.41) is 11.9. The molecule has 0 amide bonds. The molecular formula is C14H11BrFN3. The Labute approximate surface area is 119 Å². The van der Waals surface area contributed by atoms with Crippen molar-refractivity contribution in [2.45, 2.75) is 6.92 Å². The van der Waals surface area contributed by atoms with Gasteiger partial charge in [0.1, 0.15) is 5.82 Å². The van der Waals surface area contributed by atoms with Crippen molar-refractivity contribution in [1.29, 1.82) is 5.26 Å². The molecule has 5 heteroatoms. The van der Waals surface area contributed by atoms with E-state index >= 15 is 0 Å². The Morgan fingerprint density at radius 3 is 2.63 bits per heavy atom. The van der Waals surface area contributed by atoms with Gasteiger partial charge in [-0.3, -0.25) is 0 Å². The number of hydrogen-bond acceptors (Lipinski definition) is 3. The average molecular weight is 320 g/mol. The Hall–Kier alpha value is -2.06. The van der Waals surface area contributed by atoms with E-state index in [1.165, 1.54) is 6.07 Å². The summed E-state index contributed by atoms with van der Waals surface area (Å²) in [6, 6.07) is 10.1. The Bertz CT molecular complexity index is 677. The largest absolute Gasteiger partial charge is 0.397 e. The zero-order chi connectivity index (χ0) is 14.0. The van der Waals surface area contributed by atoms with Crippen molar-refractivity contribution in [2.75, 3.05) is 11.1 Å². The van der Waals surface area contributed by atoms with Gasteiger partial charge in [0, 0.05) is 5.69 Å². The highest BCUT2D eigenvalue weighted by atomic mass is 79.9. The van der Waals surface area contributed by atoms with E-state index in [0.717, 1.165) is 11.3 Å². The molecule has 19 heavy (non-hydrogen) atoms. The highest BCUT2D eigenvalue weighted by molar-refractivity contribution is 9.10. The zero-order valence-electron chi connectivity index (χ0n) is 10.2. The van der Waals surface area contributed by atoms with Crippen LogP contribution in [0.1, 0.15) is 11.1 Å². The zero-order valence-corrected chi connectivity index (χ0v) is 11.8. The van der Waals surface area contributed by atoms with Gasteiger partial charge in [-0.05, 0) is 58.7 Å². The van der Waals surface area contributed by atoms with E-state index < -0.39 is 0 Å². The van der Waals surface area contributed by atoms with Gasteiger partial charge in [0.2, 0.25) is 0 Å². The maximum atomic E-state index is 13.3. The van der Waals surface area contributed by atoms with Crippen LogP contribution in [-0.2, 0) is 0 Å². The van der Waals surface area contributed by atoms with Gasteiger partial charge in [-0.15, -0.1) is 0 Å². The van der Waals surface area contributed by atoms with Crippen LogP contribution in [0.25, 0.3) is 0 Å². The fourth-order valence-corrected chi connectivity index (χ4v) is 2.02. The summed E-state index contributed by atoms with van der Waals surface area (Å²) >= 11 is 3.15. The van der Waals surface area contributed by atoms with Gasteiger partial charge >= 0.3 is 0 Å². The number of nitrogens with two attached hydrogens (primary N) is 1. The monoisotopic (exact) mass is 319 g/mol. The van der Waals surface area contributed by atoms with E-state index in [0.29, 0.717) is 21.4 Å². The van der Waals surface area contributed by atoms with Crippen LogP contribution < -0.4 is 11.1 Å². The number of halogens is 2. The number of nitrogens with one attached hydrogen (secondary N) is 1. The van der Waals surface area contributed by atoms with Crippen LogP contribution in [0.5, 0.6) is 0 Å². The number of benzene rings is 2. The minimum absolute atomic E-state index is 0.309. The quantitative estimate of drug-likeness (QED) is 0.819. The van der Waals surface area contributed by atoms with Crippen molar-refractivity contribution in [3.8, 4) is 6.07 Å². The second-order valence-electron chi connectivity index (χ2n) is 4.12. The fraction of sp³-hybridized carbons (Fsp3) is 0.0714. The summed E-state index contributed by atoms with van der Waals surface area (Å²) in [7, 11) is 0. The smallest absolute Gasteiger partial charge is 0.137 e. The molecule has 0 aliphatic heterocycles. The van der Waals surface area contributed by atoms with Gasteiger partial charge in [-0.2, -0.15) is 5.26 Å². The lowest BCUT2D eigenvalue weighted by Crippen LogP contribution is -1.99. The molecule has 96 valence electrons. The Morgan fingerprint density at radius 1 is 1.26 bits per heavy atom. The van der Waals surface area contributed by atoms with Crippen molar-refractivity contribution >= 4 is 33.0 Å². The highest BCUT2D eigenvalue weighted by Gasteiger charge is 2.07. The van der Waals surface area contributed by atoms with E-state index in [2.05, 4.69) is 21.2 Å². The average Bonchev–Trinajstić information content (AvgIpc) is 2.38. The van der Waals surface area contributed by atoms with Crippen molar-refractivity contribution in [3.63, 3.8) is 0 Å². The molecule has 3 nitrogen and oxygen atoms in total. The Morgan fingerprint density at radius 2 is 2.00 bits per heavy atom. The molecule has 0 aliphatic carbocycles. The molecule has 2 rings (SSSR count). The molecule has 0 spiro atoms. The van der Waals surface area contributed by atoms with Crippen LogP contribution in [0.3, 0.4) is 0 Å². The van der Waals surface area contributed by atoms with Crippen LogP contribution in [0, 0.1) is 24.1 Å². The number of nitrogens with zero attached hydrogens (tertiary/aromatic N) is 1. The predicted molar refractivity (Wildman–Crippen MR) is 77.7 cm³/mol. The molecular weight excluding hydrogens is 309 g/mol. The van der Waals surface area contributed by atoms with Crippen molar-refractivity contribution in [1.82, 2.24) is 0 Å². The molecule has 2 aromatic carbocycles. The van der Waals surface area contributed by atoms with Gasteiger partial charge in [-0.25, -0.2) is 4.39 Å². The first-order chi connectivity index (χ1) is 9.01. The van der Waals surface area contributed by atoms with E-state index in [4.69, 9.17) is 11.0 Å². The molecule has 0 heterocycles. The number of nitriles is 1. The topological polar surface area (TPSA) is 61.8 Å². The summed E-state index contributed by atoms with van der Waals surface area (Å²) in [4.78, 5) is 0. The minimum atomic E-state index is -0.309. The van der Waals surface area contributed by atoms with E-state index in [1.54, 1.807) is 31.2 Å². The summed E-state index contributed by atoms with van der Waals surface area (Å²) in [6.07, 6.45) is 0. The van der Waals surface area contributed by atoms with Crippen LogP contribution in [-0.4, -0.2) is 0 Å². The van der Waals surface area contributed by atoms with Crippen molar-refractivity contribution in [3.05, 3.63) is 51.7 Å². The van der Waals surface area contributed by atoms with Gasteiger partial charge in [0.15, 0.2) is 0 Å². The number of aryl methyl sites for hydroxylation is 1. The lowest BCUT2D eigenvalue weighted by molar-refractivity contribution is 0.620. The summed E-state index contributed by atoms with van der Waals surface area (Å²) in [6.45, 7) is 1.80. The first-order valence-electron chi connectivity index (χ1n) is 5.53. The third-order valence-corrected chi connectivity index (χ3v) is 3.32. The molecule has 2 aromatic rings. The SMILES string of the molecule is Cc1cc(F)c(Br)cc1Nc1ccc(C#N)cc1N. The second kappa shape index (κ2) is 5.29. The summed E-state index contributed by atoms with van der Waals surface area (Å²) in [5.41, 5.74) is 9.04. The van der Waals surface area contributed by atoms with E-state index in [-0.39, 0.29) is 5.82 Å². The highest BCUT2D eigenvalue weighted by Crippen LogP contribution is 2.29. The van der Waals surface area contributed by atoms with E-state index in [9.17, 15) is 4.39 Å². The first-order valence-corrected chi connectivity index (χ1v) is 6.33. The Balaban J connectivity index is 2.37. The lowest BCUT2D eigenvalue weighted by atomic mass is 10.1. The maximum Gasteiger partial charge on any atom is 0.137 e. The first kappa shape index (κ1) is 13.4. The molecule has 0 unspecified atom stereocenters.